The first-order chi connectivity index (χ1) is 16.2. The largest absolute Gasteiger partial charge is 0.573 e. The van der Waals surface area contributed by atoms with Crippen LogP contribution in [0.3, 0.4) is 0 Å². The van der Waals surface area contributed by atoms with Crippen LogP contribution in [0.1, 0.15) is 37.1 Å². The molecule has 2 unspecified atom stereocenters. The molecule has 1 heterocycles. The maximum Gasteiger partial charge on any atom is 0.573 e. The summed E-state index contributed by atoms with van der Waals surface area (Å²) in [5, 5.41) is 9.61. The van der Waals surface area contributed by atoms with Crippen LogP contribution < -0.4 is 9.47 Å². The first kappa shape index (κ1) is 24.6. The Morgan fingerprint density at radius 1 is 0.941 bits per heavy atom. The van der Waals surface area contributed by atoms with Crippen LogP contribution in [0.15, 0.2) is 72.8 Å². The number of benzene rings is 2. The van der Waals surface area contributed by atoms with Crippen molar-refractivity contribution in [3.8, 4) is 23.4 Å². The highest BCUT2D eigenvalue weighted by Gasteiger charge is 2.32. The molecule has 3 aromatic rings. The molecule has 0 radical (unpaired) electrons. The number of carbonyl (C=O) groups is 1. The minimum absolute atomic E-state index is 0.181. The quantitative estimate of drug-likeness (QED) is 0.358. The summed E-state index contributed by atoms with van der Waals surface area (Å²) in [6.07, 6.45) is -6.12. The van der Waals surface area contributed by atoms with Gasteiger partial charge in [0.15, 0.2) is 0 Å². The van der Waals surface area contributed by atoms with E-state index in [9.17, 15) is 23.2 Å². The van der Waals surface area contributed by atoms with Gasteiger partial charge in [-0.05, 0) is 41.8 Å². The van der Waals surface area contributed by atoms with E-state index in [4.69, 9.17) is 9.47 Å². The van der Waals surface area contributed by atoms with Crippen LogP contribution in [0.4, 0.5) is 13.2 Å². The van der Waals surface area contributed by atoms with Gasteiger partial charge in [0, 0.05) is 6.07 Å². The van der Waals surface area contributed by atoms with Crippen LogP contribution in [0.25, 0.3) is 0 Å². The molecule has 0 spiro atoms. The lowest BCUT2D eigenvalue weighted by molar-refractivity contribution is -0.274. The average molecular weight is 470 g/mol. The monoisotopic (exact) mass is 470 g/mol. The van der Waals surface area contributed by atoms with Gasteiger partial charge in [0.2, 0.25) is 12.0 Å². The molecular formula is C25H21F3N2O4. The molecule has 2 atom stereocenters. The number of nitrogens with zero attached hydrogens (tertiary/aromatic N) is 2. The van der Waals surface area contributed by atoms with E-state index < -0.39 is 30.1 Å². The van der Waals surface area contributed by atoms with E-state index >= 15 is 0 Å². The van der Waals surface area contributed by atoms with E-state index in [0.29, 0.717) is 11.3 Å². The second kappa shape index (κ2) is 10.7. The molecule has 0 amide bonds. The van der Waals surface area contributed by atoms with Crippen molar-refractivity contribution in [3.05, 3.63) is 84.1 Å². The minimum atomic E-state index is -4.82. The Hall–Kier alpha value is -4.06. The van der Waals surface area contributed by atoms with Crippen molar-refractivity contribution in [2.45, 2.75) is 32.2 Å². The molecule has 6 nitrogen and oxygen atoms in total. The molecule has 3 rings (SSSR count). The van der Waals surface area contributed by atoms with Crippen molar-refractivity contribution in [2.24, 2.45) is 5.92 Å². The lowest BCUT2D eigenvalue weighted by Crippen LogP contribution is -2.23. The molecule has 0 bridgehead atoms. The summed E-state index contributed by atoms with van der Waals surface area (Å²) in [7, 11) is 0. The van der Waals surface area contributed by atoms with E-state index in [1.165, 1.54) is 18.2 Å². The number of halogens is 3. The van der Waals surface area contributed by atoms with Crippen molar-refractivity contribution >= 4 is 5.97 Å². The predicted molar refractivity (Wildman–Crippen MR) is 116 cm³/mol. The van der Waals surface area contributed by atoms with Crippen molar-refractivity contribution < 1.29 is 32.2 Å². The third-order valence-electron chi connectivity index (χ3n) is 4.72. The molecule has 0 aliphatic rings. The molecule has 34 heavy (non-hydrogen) atoms. The normalized spacial score (nSPS) is 13.0. The molecule has 176 valence electrons. The number of para-hydroxylation sites is 1. The third-order valence-corrected chi connectivity index (χ3v) is 4.72. The summed E-state index contributed by atoms with van der Waals surface area (Å²) in [5.41, 5.74) is 0.612. The zero-order valence-corrected chi connectivity index (χ0v) is 18.3. The Labute approximate surface area is 194 Å². The van der Waals surface area contributed by atoms with Gasteiger partial charge in [0.1, 0.15) is 17.6 Å². The van der Waals surface area contributed by atoms with Crippen LogP contribution in [0.2, 0.25) is 0 Å². The van der Waals surface area contributed by atoms with Crippen LogP contribution in [-0.4, -0.2) is 17.3 Å². The lowest BCUT2D eigenvalue weighted by atomic mass is 9.88. The van der Waals surface area contributed by atoms with E-state index in [1.54, 1.807) is 50.2 Å². The summed E-state index contributed by atoms with van der Waals surface area (Å²) < 4.78 is 52.2. The third kappa shape index (κ3) is 6.72. The molecule has 9 heteroatoms. The highest BCUT2D eigenvalue weighted by atomic mass is 19.4. The van der Waals surface area contributed by atoms with Gasteiger partial charge in [0.25, 0.3) is 0 Å². The highest BCUT2D eigenvalue weighted by Crippen LogP contribution is 2.31. The van der Waals surface area contributed by atoms with E-state index in [-0.39, 0.29) is 17.5 Å². The van der Waals surface area contributed by atoms with Crippen molar-refractivity contribution in [2.75, 3.05) is 0 Å². The number of aromatic nitrogens is 1. The first-order valence-corrected chi connectivity index (χ1v) is 10.3. The Morgan fingerprint density at radius 3 is 2.21 bits per heavy atom. The van der Waals surface area contributed by atoms with Gasteiger partial charge in [-0.15, -0.1) is 13.2 Å². The van der Waals surface area contributed by atoms with Crippen LogP contribution in [0.5, 0.6) is 17.4 Å². The summed E-state index contributed by atoms with van der Waals surface area (Å²) in [6, 6.07) is 20.6. The Morgan fingerprint density at radius 2 is 1.62 bits per heavy atom. The number of alkyl halides is 3. The Balaban J connectivity index is 1.76. The fourth-order valence-corrected chi connectivity index (χ4v) is 3.26. The van der Waals surface area contributed by atoms with Gasteiger partial charge in [-0.25, -0.2) is 4.98 Å². The van der Waals surface area contributed by atoms with Crippen LogP contribution in [-0.2, 0) is 9.53 Å². The zero-order chi connectivity index (χ0) is 24.7. The summed E-state index contributed by atoms with van der Waals surface area (Å²) >= 11 is 0. The zero-order valence-electron chi connectivity index (χ0n) is 18.3. The summed E-state index contributed by atoms with van der Waals surface area (Å²) in [6.45, 7) is 3.53. The van der Waals surface area contributed by atoms with Gasteiger partial charge in [0.05, 0.1) is 11.6 Å². The first-order valence-electron chi connectivity index (χ1n) is 10.3. The minimum Gasteiger partial charge on any atom is -0.440 e. The van der Waals surface area contributed by atoms with Crippen molar-refractivity contribution in [1.82, 2.24) is 4.98 Å². The molecule has 0 N–H and O–H groups in total. The molecular weight excluding hydrogens is 449 g/mol. The van der Waals surface area contributed by atoms with E-state index in [1.807, 2.05) is 12.1 Å². The molecule has 0 aliphatic heterocycles. The van der Waals surface area contributed by atoms with Gasteiger partial charge >= 0.3 is 12.3 Å². The second-order valence-electron chi connectivity index (χ2n) is 7.60. The smallest absolute Gasteiger partial charge is 0.440 e. The Bertz CT molecular complexity index is 1140. The predicted octanol–water partition coefficient (Wildman–Crippen LogP) is 6.32. The maximum absolute atomic E-state index is 13.0. The van der Waals surface area contributed by atoms with Crippen molar-refractivity contribution in [1.29, 1.82) is 5.26 Å². The maximum atomic E-state index is 13.0. The fourth-order valence-electron chi connectivity index (χ4n) is 3.26. The molecule has 2 aromatic carbocycles. The average Bonchev–Trinajstić information content (AvgIpc) is 2.78. The number of rotatable bonds is 8. The second-order valence-corrected chi connectivity index (χ2v) is 7.60. The van der Waals surface area contributed by atoms with Crippen LogP contribution >= 0.6 is 0 Å². The van der Waals surface area contributed by atoms with Crippen LogP contribution in [0, 0.1) is 17.2 Å². The molecule has 0 aliphatic carbocycles. The van der Waals surface area contributed by atoms with Gasteiger partial charge < -0.3 is 14.2 Å². The Kier molecular flexibility index (Phi) is 7.74. The molecule has 0 saturated carbocycles. The summed E-state index contributed by atoms with van der Waals surface area (Å²) in [4.78, 5) is 17.2. The fraction of sp³-hybridized carbons (Fsp3) is 0.240. The lowest BCUT2D eigenvalue weighted by Gasteiger charge is -2.22. The molecule has 0 saturated heterocycles. The number of hydrogen-bond donors (Lipinski definition) is 0. The van der Waals surface area contributed by atoms with Crippen molar-refractivity contribution in [3.63, 3.8) is 0 Å². The number of nitriles is 1. The highest BCUT2D eigenvalue weighted by molar-refractivity contribution is 5.79. The standard InChI is InChI=1S/C25H21F3N2O4/c1-16(2)23(17-11-13-19(14-12-17)34-25(26,27)28)24(31)33-21(15-29)20-9-6-10-22(30-20)32-18-7-4-3-5-8-18/h3-14,16,21,23H,1-2H3. The number of hydrogen-bond acceptors (Lipinski definition) is 6. The SMILES string of the molecule is CC(C)C(C(=O)OC(C#N)c1cccc(Oc2ccccc2)n1)c1ccc(OC(F)(F)F)cc1. The number of carbonyl (C=O) groups excluding carboxylic acids is 1. The van der Waals surface area contributed by atoms with Gasteiger partial charge in [-0.3, -0.25) is 4.79 Å². The van der Waals surface area contributed by atoms with Gasteiger partial charge in [-0.1, -0.05) is 50.2 Å². The number of ether oxygens (including phenoxy) is 3. The number of esters is 1. The number of pyridine rings is 1. The van der Waals surface area contributed by atoms with Gasteiger partial charge in [-0.2, -0.15) is 5.26 Å². The molecule has 1 aromatic heterocycles. The van der Waals surface area contributed by atoms with E-state index in [2.05, 4.69) is 9.72 Å². The summed E-state index contributed by atoms with van der Waals surface area (Å²) in [5.74, 6) is -1.42. The van der Waals surface area contributed by atoms with E-state index in [0.717, 1.165) is 12.1 Å². The molecule has 0 fully saturated rings. The topological polar surface area (TPSA) is 81.4 Å².